The topological polar surface area (TPSA) is 62.3 Å². The minimum atomic E-state index is -0.475. The predicted molar refractivity (Wildman–Crippen MR) is 115 cm³/mol. The molecule has 3 rings (SSSR count). The molecule has 0 spiro atoms. The quantitative estimate of drug-likeness (QED) is 0.747. The third-order valence-electron chi connectivity index (χ3n) is 5.56. The van der Waals surface area contributed by atoms with E-state index in [9.17, 15) is 9.59 Å². The lowest BCUT2D eigenvalue weighted by atomic mass is 10.0. The maximum absolute atomic E-state index is 12.7. The molecule has 30 heavy (non-hydrogen) atoms. The average Bonchev–Trinajstić information content (AvgIpc) is 2.72. The fraction of sp³-hybridized carbons (Fsp3) is 0.652. The number of ether oxygens (including phenoxy) is 2. The van der Waals surface area contributed by atoms with Gasteiger partial charge in [-0.25, -0.2) is 9.59 Å². The molecule has 2 amide bonds. The minimum Gasteiger partial charge on any atom is -0.445 e. The number of piperidine rings is 1. The summed E-state index contributed by atoms with van der Waals surface area (Å²) in [6.45, 7) is 10.4. The van der Waals surface area contributed by atoms with Crippen LogP contribution in [0.4, 0.5) is 9.59 Å². The van der Waals surface area contributed by atoms with Gasteiger partial charge >= 0.3 is 12.2 Å². The lowest BCUT2D eigenvalue weighted by molar-refractivity contribution is 0.0102. The molecule has 1 aromatic carbocycles. The summed E-state index contributed by atoms with van der Waals surface area (Å²) in [6, 6.07) is 9.94. The molecule has 1 aromatic rings. The van der Waals surface area contributed by atoms with Crippen molar-refractivity contribution in [2.45, 2.75) is 58.3 Å². The molecule has 2 heterocycles. The SMILES string of the molecule is CC(C)(C)OC(=O)N1CCN(CC2CCCCN2C(=O)OCc2ccccc2)CC1. The molecule has 0 radical (unpaired) electrons. The van der Waals surface area contributed by atoms with Gasteiger partial charge in [-0.3, -0.25) is 4.90 Å². The number of amides is 2. The molecule has 0 saturated carbocycles. The summed E-state index contributed by atoms with van der Waals surface area (Å²) < 4.78 is 11.1. The van der Waals surface area contributed by atoms with Gasteiger partial charge in [0.25, 0.3) is 0 Å². The van der Waals surface area contributed by atoms with Crippen molar-refractivity contribution in [2.24, 2.45) is 0 Å². The van der Waals surface area contributed by atoms with Crippen LogP contribution in [0.5, 0.6) is 0 Å². The Labute approximate surface area is 179 Å². The van der Waals surface area contributed by atoms with Gasteiger partial charge in [0.05, 0.1) is 0 Å². The Morgan fingerprint density at radius 1 is 0.967 bits per heavy atom. The predicted octanol–water partition coefficient (Wildman–Crippen LogP) is 3.73. The van der Waals surface area contributed by atoms with Crippen molar-refractivity contribution in [1.29, 1.82) is 0 Å². The summed E-state index contributed by atoms with van der Waals surface area (Å²) in [5.74, 6) is 0. The van der Waals surface area contributed by atoms with Crippen LogP contribution in [0.15, 0.2) is 30.3 Å². The van der Waals surface area contributed by atoms with Crippen LogP contribution in [-0.4, -0.2) is 77.8 Å². The first kappa shape index (κ1) is 22.4. The molecule has 7 heteroatoms. The Hall–Kier alpha value is -2.28. The Kier molecular flexibility index (Phi) is 7.58. The zero-order chi connectivity index (χ0) is 21.6. The zero-order valence-electron chi connectivity index (χ0n) is 18.5. The van der Waals surface area contributed by atoms with Gasteiger partial charge in [0.15, 0.2) is 0 Å². The molecule has 166 valence electrons. The monoisotopic (exact) mass is 417 g/mol. The molecule has 2 saturated heterocycles. The van der Waals surface area contributed by atoms with Gasteiger partial charge in [-0.15, -0.1) is 0 Å². The number of hydrogen-bond donors (Lipinski definition) is 0. The van der Waals surface area contributed by atoms with Crippen molar-refractivity contribution in [1.82, 2.24) is 14.7 Å². The van der Waals surface area contributed by atoms with E-state index in [0.29, 0.717) is 19.7 Å². The van der Waals surface area contributed by atoms with Crippen LogP contribution in [-0.2, 0) is 16.1 Å². The molecule has 2 fully saturated rings. The van der Waals surface area contributed by atoms with Crippen molar-refractivity contribution in [3.05, 3.63) is 35.9 Å². The number of hydrogen-bond acceptors (Lipinski definition) is 5. The Bertz CT molecular complexity index is 696. The van der Waals surface area contributed by atoms with Crippen molar-refractivity contribution in [3.8, 4) is 0 Å². The van der Waals surface area contributed by atoms with Crippen LogP contribution in [0.1, 0.15) is 45.6 Å². The smallest absolute Gasteiger partial charge is 0.410 e. The van der Waals surface area contributed by atoms with Crippen LogP contribution in [0.25, 0.3) is 0 Å². The van der Waals surface area contributed by atoms with E-state index in [0.717, 1.165) is 51.0 Å². The number of carbonyl (C=O) groups excluding carboxylic acids is 2. The van der Waals surface area contributed by atoms with Gasteiger partial charge in [0.2, 0.25) is 0 Å². The highest BCUT2D eigenvalue weighted by atomic mass is 16.6. The molecule has 1 atom stereocenters. The van der Waals surface area contributed by atoms with Crippen molar-refractivity contribution < 1.29 is 19.1 Å². The van der Waals surface area contributed by atoms with E-state index in [1.165, 1.54) is 0 Å². The molecule has 0 bridgehead atoms. The van der Waals surface area contributed by atoms with Crippen LogP contribution < -0.4 is 0 Å². The minimum absolute atomic E-state index is 0.162. The van der Waals surface area contributed by atoms with Crippen LogP contribution in [0, 0.1) is 0 Å². The third-order valence-corrected chi connectivity index (χ3v) is 5.56. The molecule has 0 aliphatic carbocycles. The fourth-order valence-corrected chi connectivity index (χ4v) is 3.97. The first-order valence-electron chi connectivity index (χ1n) is 11.0. The summed E-state index contributed by atoms with van der Waals surface area (Å²) in [7, 11) is 0. The molecular formula is C23H35N3O4. The van der Waals surface area contributed by atoms with Crippen LogP contribution in [0.3, 0.4) is 0 Å². The second-order valence-electron chi connectivity index (χ2n) is 9.15. The molecular weight excluding hydrogens is 382 g/mol. The molecule has 0 aromatic heterocycles. The highest BCUT2D eigenvalue weighted by Gasteiger charge is 2.31. The molecule has 7 nitrogen and oxygen atoms in total. The van der Waals surface area contributed by atoms with Crippen LogP contribution in [0.2, 0.25) is 0 Å². The van der Waals surface area contributed by atoms with Gasteiger partial charge < -0.3 is 19.3 Å². The third kappa shape index (κ3) is 6.62. The Morgan fingerprint density at radius 3 is 2.33 bits per heavy atom. The van der Waals surface area contributed by atoms with Crippen LogP contribution >= 0.6 is 0 Å². The van der Waals surface area contributed by atoms with Gasteiger partial charge in [0.1, 0.15) is 12.2 Å². The maximum Gasteiger partial charge on any atom is 0.410 e. The van der Waals surface area contributed by atoms with E-state index in [1.54, 1.807) is 4.90 Å². The summed E-state index contributed by atoms with van der Waals surface area (Å²) in [6.07, 6.45) is 2.67. The number of carbonyl (C=O) groups is 2. The average molecular weight is 418 g/mol. The summed E-state index contributed by atoms with van der Waals surface area (Å²) in [5, 5.41) is 0. The standard InChI is InChI=1S/C23H35N3O4/c1-23(2,3)30-21(27)25-15-13-24(14-16-25)17-20-11-7-8-12-26(20)22(28)29-18-19-9-5-4-6-10-19/h4-6,9-10,20H,7-8,11-18H2,1-3H3. The molecule has 2 aliphatic rings. The molecule has 1 unspecified atom stereocenters. The van der Waals surface area contributed by atoms with Gasteiger partial charge in [0, 0.05) is 45.3 Å². The summed E-state index contributed by atoms with van der Waals surface area (Å²) in [4.78, 5) is 31.0. The molecule has 0 N–H and O–H groups in total. The zero-order valence-corrected chi connectivity index (χ0v) is 18.5. The second kappa shape index (κ2) is 10.2. The lowest BCUT2D eigenvalue weighted by Gasteiger charge is -2.41. The largest absolute Gasteiger partial charge is 0.445 e. The number of likely N-dealkylation sites (tertiary alicyclic amines) is 1. The highest BCUT2D eigenvalue weighted by molar-refractivity contribution is 5.68. The fourth-order valence-electron chi connectivity index (χ4n) is 3.97. The maximum atomic E-state index is 12.7. The van der Waals surface area contributed by atoms with E-state index >= 15 is 0 Å². The number of nitrogens with zero attached hydrogens (tertiary/aromatic N) is 3. The first-order chi connectivity index (χ1) is 14.3. The summed E-state index contributed by atoms with van der Waals surface area (Å²) >= 11 is 0. The van der Waals surface area contributed by atoms with Gasteiger partial charge in [-0.2, -0.15) is 0 Å². The normalized spacial score (nSPS) is 20.7. The number of piperazine rings is 1. The van der Waals surface area contributed by atoms with Gasteiger partial charge in [-0.05, 0) is 45.6 Å². The summed E-state index contributed by atoms with van der Waals surface area (Å²) in [5.41, 5.74) is 0.523. The Balaban J connectivity index is 1.47. The van der Waals surface area contributed by atoms with E-state index in [1.807, 2.05) is 56.0 Å². The Morgan fingerprint density at radius 2 is 1.67 bits per heavy atom. The van der Waals surface area contributed by atoms with Crippen molar-refractivity contribution in [3.63, 3.8) is 0 Å². The van der Waals surface area contributed by atoms with E-state index in [-0.39, 0.29) is 18.2 Å². The van der Waals surface area contributed by atoms with E-state index in [2.05, 4.69) is 4.90 Å². The first-order valence-corrected chi connectivity index (χ1v) is 11.0. The second-order valence-corrected chi connectivity index (χ2v) is 9.15. The lowest BCUT2D eigenvalue weighted by Crippen LogP contribution is -2.55. The van der Waals surface area contributed by atoms with Gasteiger partial charge in [-0.1, -0.05) is 30.3 Å². The number of benzene rings is 1. The highest BCUT2D eigenvalue weighted by Crippen LogP contribution is 2.21. The molecule has 2 aliphatic heterocycles. The van der Waals surface area contributed by atoms with E-state index in [4.69, 9.17) is 9.47 Å². The number of rotatable bonds is 4. The van der Waals surface area contributed by atoms with Crippen molar-refractivity contribution in [2.75, 3.05) is 39.3 Å². The van der Waals surface area contributed by atoms with E-state index < -0.39 is 5.60 Å². The van der Waals surface area contributed by atoms with Crippen molar-refractivity contribution >= 4 is 12.2 Å².